The topological polar surface area (TPSA) is 80.9 Å². The van der Waals surface area contributed by atoms with Crippen LogP contribution >= 0.6 is 0 Å². The van der Waals surface area contributed by atoms with Gasteiger partial charge in [0, 0.05) is 5.92 Å². The predicted octanol–water partition coefficient (Wildman–Crippen LogP) is 1.05. The van der Waals surface area contributed by atoms with E-state index in [1.165, 1.54) is 19.3 Å². The maximum absolute atomic E-state index is 11.2. The molecule has 2 unspecified atom stereocenters. The number of hydrogen-bond acceptors (Lipinski definition) is 4. The number of carboxylic acids is 1. The Labute approximate surface area is 104 Å². The van der Waals surface area contributed by atoms with Gasteiger partial charge in [0.1, 0.15) is 0 Å². The predicted molar refractivity (Wildman–Crippen MR) is 60.7 cm³/mol. The van der Waals surface area contributed by atoms with Gasteiger partial charge >= 0.3 is 5.97 Å². The van der Waals surface area contributed by atoms with Crippen LogP contribution in [0.15, 0.2) is 0 Å². The van der Waals surface area contributed by atoms with Crippen LogP contribution in [0.4, 0.5) is 0 Å². The van der Waals surface area contributed by atoms with Gasteiger partial charge in [0.25, 0.3) is 0 Å². The molecular weight excluding hydrogens is 232 g/mol. The van der Waals surface area contributed by atoms with Crippen LogP contribution in [0.1, 0.15) is 43.8 Å². The van der Waals surface area contributed by atoms with Crippen LogP contribution < -0.4 is 0 Å². The van der Waals surface area contributed by atoms with Crippen molar-refractivity contribution in [2.45, 2.75) is 44.6 Å². The molecule has 6 nitrogen and oxygen atoms in total. The zero-order valence-corrected chi connectivity index (χ0v) is 10.1. The number of tetrazole rings is 1. The Hall–Kier alpha value is -1.46. The highest BCUT2D eigenvalue weighted by atomic mass is 16.4. The fourth-order valence-corrected chi connectivity index (χ4v) is 3.64. The average Bonchev–Trinajstić information content (AvgIpc) is 3.14. The summed E-state index contributed by atoms with van der Waals surface area (Å²) in [4.78, 5) is 11.2. The molecule has 0 bridgehead atoms. The molecule has 1 N–H and O–H groups in total. The van der Waals surface area contributed by atoms with Gasteiger partial charge in [-0.05, 0) is 47.9 Å². The number of fused-ring (bicyclic) bond motifs is 1. The van der Waals surface area contributed by atoms with E-state index in [1.807, 2.05) is 0 Å². The normalized spacial score (nSPS) is 35.2. The molecule has 1 aromatic rings. The summed E-state index contributed by atoms with van der Waals surface area (Å²) in [6.45, 7) is 0.445. The van der Waals surface area contributed by atoms with Crippen molar-refractivity contribution in [3.8, 4) is 0 Å². The Morgan fingerprint density at radius 2 is 2.11 bits per heavy atom. The van der Waals surface area contributed by atoms with Gasteiger partial charge in [0.2, 0.25) is 0 Å². The molecule has 3 aliphatic rings. The number of hydrogen-bond donors (Lipinski definition) is 1. The van der Waals surface area contributed by atoms with Crippen LogP contribution in [-0.2, 0) is 11.3 Å². The molecule has 2 atom stereocenters. The minimum atomic E-state index is -0.708. The lowest BCUT2D eigenvalue weighted by atomic mass is 10.1. The lowest BCUT2D eigenvalue weighted by molar-refractivity contribution is -0.144. The van der Waals surface area contributed by atoms with Gasteiger partial charge in [-0.25, -0.2) is 4.68 Å². The van der Waals surface area contributed by atoms with Crippen LogP contribution in [0.3, 0.4) is 0 Å². The summed E-state index contributed by atoms with van der Waals surface area (Å²) >= 11 is 0. The summed E-state index contributed by atoms with van der Waals surface area (Å²) in [6, 6.07) is 0. The first-order chi connectivity index (χ1) is 8.71. The second kappa shape index (κ2) is 3.30. The van der Waals surface area contributed by atoms with E-state index in [2.05, 4.69) is 15.5 Å². The first-order valence-corrected chi connectivity index (χ1v) is 6.71. The van der Waals surface area contributed by atoms with Crippen molar-refractivity contribution in [3.63, 3.8) is 0 Å². The lowest BCUT2D eigenvalue weighted by Crippen LogP contribution is -2.23. The summed E-state index contributed by atoms with van der Waals surface area (Å²) in [5.41, 5.74) is -0.589. The van der Waals surface area contributed by atoms with E-state index < -0.39 is 11.4 Å². The highest BCUT2D eigenvalue weighted by molar-refractivity contribution is 5.77. The van der Waals surface area contributed by atoms with Crippen LogP contribution in [0, 0.1) is 17.3 Å². The SMILES string of the molecule is O=C(O)C1(Cn2nnnc2C2C3CCCC32)CC1. The Morgan fingerprint density at radius 3 is 2.72 bits per heavy atom. The smallest absolute Gasteiger partial charge is 0.311 e. The van der Waals surface area contributed by atoms with Crippen molar-refractivity contribution in [2.75, 3.05) is 0 Å². The van der Waals surface area contributed by atoms with Crippen LogP contribution in [0.25, 0.3) is 0 Å². The molecule has 18 heavy (non-hydrogen) atoms. The van der Waals surface area contributed by atoms with E-state index >= 15 is 0 Å². The fourth-order valence-electron chi connectivity index (χ4n) is 3.64. The van der Waals surface area contributed by atoms with E-state index in [1.54, 1.807) is 4.68 Å². The van der Waals surface area contributed by atoms with Crippen LogP contribution in [0.5, 0.6) is 0 Å². The first-order valence-electron chi connectivity index (χ1n) is 6.71. The lowest BCUT2D eigenvalue weighted by Gasteiger charge is -2.11. The molecule has 1 aromatic heterocycles. The van der Waals surface area contributed by atoms with E-state index in [4.69, 9.17) is 0 Å². The van der Waals surface area contributed by atoms with Crippen LogP contribution in [0.2, 0.25) is 0 Å². The summed E-state index contributed by atoms with van der Waals surface area (Å²) in [5.74, 6) is 2.24. The van der Waals surface area contributed by atoms with Crippen molar-refractivity contribution >= 4 is 5.97 Å². The zero-order valence-electron chi connectivity index (χ0n) is 10.1. The molecule has 0 aromatic carbocycles. The molecular formula is C12H16N4O2. The van der Waals surface area contributed by atoms with Crippen molar-refractivity contribution in [1.82, 2.24) is 20.2 Å². The summed E-state index contributed by atoms with van der Waals surface area (Å²) < 4.78 is 1.75. The quantitative estimate of drug-likeness (QED) is 0.861. The molecule has 1 heterocycles. The minimum absolute atomic E-state index is 0.445. The Morgan fingerprint density at radius 1 is 1.39 bits per heavy atom. The van der Waals surface area contributed by atoms with Crippen molar-refractivity contribution in [1.29, 1.82) is 0 Å². The fraction of sp³-hybridized carbons (Fsp3) is 0.833. The summed E-state index contributed by atoms with van der Waals surface area (Å²) in [6.07, 6.45) is 5.39. The number of carboxylic acid groups (broad SMARTS) is 1. The third kappa shape index (κ3) is 1.34. The largest absolute Gasteiger partial charge is 0.481 e. The highest BCUT2D eigenvalue weighted by Gasteiger charge is 2.57. The third-order valence-electron chi connectivity index (χ3n) is 5.02. The first kappa shape index (κ1) is 10.5. The monoisotopic (exact) mass is 248 g/mol. The maximum Gasteiger partial charge on any atom is 0.311 e. The Bertz CT molecular complexity index is 498. The van der Waals surface area contributed by atoms with Crippen molar-refractivity contribution in [2.24, 2.45) is 17.3 Å². The third-order valence-corrected chi connectivity index (χ3v) is 5.02. The summed E-state index contributed by atoms with van der Waals surface area (Å²) in [7, 11) is 0. The number of carbonyl (C=O) groups is 1. The minimum Gasteiger partial charge on any atom is -0.481 e. The van der Waals surface area contributed by atoms with E-state index in [0.717, 1.165) is 30.5 Å². The molecule has 96 valence electrons. The van der Waals surface area contributed by atoms with Gasteiger partial charge < -0.3 is 5.11 Å². The van der Waals surface area contributed by atoms with Gasteiger partial charge in [-0.2, -0.15) is 0 Å². The van der Waals surface area contributed by atoms with Gasteiger partial charge in [-0.1, -0.05) is 6.42 Å². The van der Waals surface area contributed by atoms with E-state index in [9.17, 15) is 9.90 Å². The van der Waals surface area contributed by atoms with Gasteiger partial charge in [-0.3, -0.25) is 4.79 Å². The van der Waals surface area contributed by atoms with Gasteiger partial charge in [0.05, 0.1) is 12.0 Å². The molecule has 0 spiro atoms. The van der Waals surface area contributed by atoms with Crippen molar-refractivity contribution in [3.05, 3.63) is 5.82 Å². The molecule has 0 saturated heterocycles. The molecule has 0 amide bonds. The maximum atomic E-state index is 11.2. The van der Waals surface area contributed by atoms with Crippen molar-refractivity contribution < 1.29 is 9.90 Å². The highest BCUT2D eigenvalue weighted by Crippen LogP contribution is 2.62. The Balaban J connectivity index is 1.56. The molecule has 4 rings (SSSR count). The van der Waals surface area contributed by atoms with Gasteiger partial charge in [0.15, 0.2) is 5.82 Å². The second-order valence-corrected chi connectivity index (χ2v) is 6.06. The molecule has 0 aliphatic heterocycles. The second-order valence-electron chi connectivity index (χ2n) is 6.06. The molecule has 6 heteroatoms. The number of aliphatic carboxylic acids is 1. The molecule has 3 saturated carbocycles. The van der Waals surface area contributed by atoms with Gasteiger partial charge in [-0.15, -0.1) is 5.10 Å². The van der Waals surface area contributed by atoms with Crippen LogP contribution in [-0.4, -0.2) is 31.3 Å². The Kier molecular flexibility index (Phi) is 1.92. The number of rotatable bonds is 4. The summed E-state index contributed by atoms with van der Waals surface area (Å²) in [5, 5.41) is 21.1. The zero-order chi connectivity index (χ0) is 12.3. The molecule has 3 fully saturated rings. The molecule has 0 radical (unpaired) electrons. The number of nitrogens with zero attached hydrogens (tertiary/aromatic N) is 4. The average molecular weight is 248 g/mol. The number of aromatic nitrogens is 4. The van der Waals surface area contributed by atoms with E-state index in [-0.39, 0.29) is 0 Å². The molecule has 3 aliphatic carbocycles. The standard InChI is InChI=1S/C12H16N4O2/c17-11(18)12(4-5-12)6-16-10(13-14-15-16)9-7-2-1-3-8(7)9/h7-9H,1-6H2,(H,17,18). The van der Waals surface area contributed by atoms with E-state index in [0.29, 0.717) is 12.5 Å².